The summed E-state index contributed by atoms with van der Waals surface area (Å²) in [6.07, 6.45) is 17.1. The fourth-order valence-electron chi connectivity index (χ4n) is 6.34. The SMILES string of the molecule is C#C[C@]1(O)C=CC2C3CCC4=CC(=O)CCC4C3C(=C)CC21CC. The molecule has 126 valence electrons. The Bertz CT molecular complexity index is 706. The highest BCUT2D eigenvalue weighted by Crippen LogP contribution is 2.64. The van der Waals surface area contributed by atoms with Crippen LogP contribution in [-0.2, 0) is 4.79 Å². The number of terminal acetylenes is 1. The van der Waals surface area contributed by atoms with Gasteiger partial charge in [0.05, 0.1) is 0 Å². The minimum atomic E-state index is -1.15. The lowest BCUT2D eigenvalue weighted by atomic mass is 9.48. The lowest BCUT2D eigenvalue weighted by molar-refractivity contribution is -0.116. The van der Waals surface area contributed by atoms with Crippen molar-refractivity contribution in [3.63, 3.8) is 0 Å². The molecule has 0 heterocycles. The molecule has 4 aliphatic rings. The van der Waals surface area contributed by atoms with Gasteiger partial charge in [-0.25, -0.2) is 0 Å². The second-order valence-electron chi connectivity index (χ2n) is 8.20. The van der Waals surface area contributed by atoms with Gasteiger partial charge in [0, 0.05) is 11.8 Å². The molecule has 0 bridgehead atoms. The Kier molecular flexibility index (Phi) is 3.45. The first kappa shape index (κ1) is 15.9. The summed E-state index contributed by atoms with van der Waals surface area (Å²) < 4.78 is 0. The van der Waals surface area contributed by atoms with Gasteiger partial charge < -0.3 is 5.11 Å². The molecule has 0 aromatic carbocycles. The molecular formula is C22H26O2. The van der Waals surface area contributed by atoms with Crippen molar-refractivity contribution >= 4 is 5.78 Å². The number of aliphatic hydroxyl groups is 1. The van der Waals surface area contributed by atoms with Crippen LogP contribution in [0.25, 0.3) is 0 Å². The van der Waals surface area contributed by atoms with E-state index in [0.717, 1.165) is 32.1 Å². The summed E-state index contributed by atoms with van der Waals surface area (Å²) in [6.45, 7) is 6.58. The van der Waals surface area contributed by atoms with E-state index in [1.807, 2.05) is 12.2 Å². The predicted octanol–water partition coefficient (Wildman–Crippen LogP) is 3.82. The summed E-state index contributed by atoms with van der Waals surface area (Å²) in [5.74, 6) is 4.68. The molecule has 24 heavy (non-hydrogen) atoms. The number of rotatable bonds is 1. The smallest absolute Gasteiger partial charge is 0.155 e. The van der Waals surface area contributed by atoms with E-state index in [1.165, 1.54) is 11.1 Å². The van der Waals surface area contributed by atoms with Crippen LogP contribution in [0.4, 0.5) is 0 Å². The van der Waals surface area contributed by atoms with Gasteiger partial charge in [-0.1, -0.05) is 36.6 Å². The molecule has 0 amide bonds. The van der Waals surface area contributed by atoms with Crippen LogP contribution in [0.2, 0.25) is 0 Å². The number of hydrogen-bond donors (Lipinski definition) is 1. The normalized spacial score (nSPS) is 46.6. The summed E-state index contributed by atoms with van der Waals surface area (Å²) in [4.78, 5) is 11.8. The molecule has 4 aliphatic carbocycles. The quantitative estimate of drug-likeness (QED) is 0.588. The molecule has 1 N–H and O–H groups in total. The Morgan fingerprint density at radius 2 is 2.21 bits per heavy atom. The van der Waals surface area contributed by atoms with Crippen LogP contribution < -0.4 is 0 Å². The molecule has 2 fully saturated rings. The summed E-state index contributed by atoms with van der Waals surface area (Å²) >= 11 is 0. The Morgan fingerprint density at radius 1 is 1.42 bits per heavy atom. The molecule has 6 atom stereocenters. The number of fused-ring (bicyclic) bond motifs is 5. The zero-order valence-corrected chi connectivity index (χ0v) is 14.4. The van der Waals surface area contributed by atoms with Crippen LogP contribution in [0.5, 0.6) is 0 Å². The summed E-state index contributed by atoms with van der Waals surface area (Å²) in [5, 5.41) is 11.1. The van der Waals surface area contributed by atoms with Crippen molar-refractivity contribution in [3.05, 3.63) is 36.0 Å². The number of carbonyl (C=O) groups is 1. The van der Waals surface area contributed by atoms with Crippen molar-refractivity contribution in [1.29, 1.82) is 0 Å². The highest BCUT2D eigenvalue weighted by atomic mass is 16.3. The summed E-state index contributed by atoms with van der Waals surface area (Å²) in [7, 11) is 0. The lowest BCUT2D eigenvalue weighted by Crippen LogP contribution is -2.54. The molecule has 0 aliphatic heterocycles. The topological polar surface area (TPSA) is 37.3 Å². The molecule has 5 unspecified atom stereocenters. The van der Waals surface area contributed by atoms with E-state index >= 15 is 0 Å². The fourth-order valence-corrected chi connectivity index (χ4v) is 6.34. The number of ketones is 1. The maximum atomic E-state index is 11.8. The van der Waals surface area contributed by atoms with Gasteiger partial charge in [-0.2, -0.15) is 0 Å². The van der Waals surface area contributed by atoms with Crippen molar-refractivity contribution in [2.45, 2.75) is 51.0 Å². The van der Waals surface area contributed by atoms with Crippen LogP contribution in [0, 0.1) is 41.4 Å². The van der Waals surface area contributed by atoms with E-state index in [0.29, 0.717) is 30.1 Å². The molecular weight excluding hydrogens is 296 g/mol. The van der Waals surface area contributed by atoms with Gasteiger partial charge in [-0.05, 0) is 67.9 Å². The molecule has 4 rings (SSSR count). The summed E-state index contributed by atoms with van der Waals surface area (Å²) in [5.41, 5.74) is 1.12. The zero-order valence-electron chi connectivity index (χ0n) is 14.4. The largest absolute Gasteiger partial charge is 0.373 e. The Morgan fingerprint density at radius 3 is 2.92 bits per heavy atom. The number of allylic oxidation sites excluding steroid dienone is 4. The standard InChI is InChI=1S/C22H26O2/c1-4-21-13-14(3)20-17-9-7-16(23)12-15(17)6-8-18(20)19(21)10-11-22(21,24)5-2/h2,10-12,17-20,24H,3-4,6-9,13H2,1H3/t17?,18?,19?,20?,21?,22-/m0/s1. The van der Waals surface area contributed by atoms with Crippen LogP contribution in [0.3, 0.4) is 0 Å². The monoisotopic (exact) mass is 322 g/mol. The van der Waals surface area contributed by atoms with E-state index < -0.39 is 5.60 Å². The van der Waals surface area contributed by atoms with Gasteiger partial charge in [0.1, 0.15) is 5.60 Å². The average molecular weight is 322 g/mol. The zero-order chi connectivity index (χ0) is 17.1. The third-order valence-corrected chi connectivity index (χ3v) is 7.45. The van der Waals surface area contributed by atoms with Crippen molar-refractivity contribution in [1.82, 2.24) is 0 Å². The molecule has 0 spiro atoms. The molecule has 2 nitrogen and oxygen atoms in total. The third kappa shape index (κ3) is 1.85. The van der Waals surface area contributed by atoms with Crippen molar-refractivity contribution in [3.8, 4) is 12.3 Å². The first-order valence-electron chi connectivity index (χ1n) is 9.26. The van der Waals surface area contributed by atoms with Crippen LogP contribution in [0.15, 0.2) is 36.0 Å². The van der Waals surface area contributed by atoms with Crippen molar-refractivity contribution in [2.24, 2.45) is 29.1 Å². The average Bonchev–Trinajstić information content (AvgIpc) is 2.88. The third-order valence-electron chi connectivity index (χ3n) is 7.45. The number of hydrogen-bond acceptors (Lipinski definition) is 2. The molecule has 0 aromatic heterocycles. The van der Waals surface area contributed by atoms with Gasteiger partial charge >= 0.3 is 0 Å². The van der Waals surface area contributed by atoms with E-state index in [9.17, 15) is 9.90 Å². The van der Waals surface area contributed by atoms with E-state index in [1.54, 1.807) is 0 Å². The molecule has 0 radical (unpaired) electrons. The van der Waals surface area contributed by atoms with Crippen LogP contribution >= 0.6 is 0 Å². The minimum Gasteiger partial charge on any atom is -0.373 e. The minimum absolute atomic E-state index is 0.284. The maximum Gasteiger partial charge on any atom is 0.155 e. The number of carbonyl (C=O) groups excluding carboxylic acids is 1. The molecule has 0 saturated heterocycles. The van der Waals surface area contributed by atoms with Crippen LogP contribution in [-0.4, -0.2) is 16.5 Å². The molecule has 2 saturated carbocycles. The van der Waals surface area contributed by atoms with E-state index in [2.05, 4.69) is 25.5 Å². The van der Waals surface area contributed by atoms with Gasteiger partial charge in [-0.15, -0.1) is 6.42 Å². The first-order chi connectivity index (χ1) is 11.5. The Hall–Kier alpha value is -1.59. The second-order valence-corrected chi connectivity index (χ2v) is 8.20. The predicted molar refractivity (Wildman–Crippen MR) is 94.9 cm³/mol. The van der Waals surface area contributed by atoms with E-state index in [4.69, 9.17) is 6.42 Å². The molecule has 2 heteroatoms. The van der Waals surface area contributed by atoms with Gasteiger partial charge in [0.2, 0.25) is 0 Å². The first-order valence-corrected chi connectivity index (χ1v) is 9.26. The Balaban J connectivity index is 1.75. The molecule has 0 aromatic rings. The highest BCUT2D eigenvalue weighted by molar-refractivity contribution is 5.91. The van der Waals surface area contributed by atoms with Crippen LogP contribution in [0.1, 0.15) is 45.4 Å². The maximum absolute atomic E-state index is 11.8. The van der Waals surface area contributed by atoms with Gasteiger partial charge in [0.25, 0.3) is 0 Å². The summed E-state index contributed by atoms with van der Waals surface area (Å²) in [6, 6.07) is 0. The lowest BCUT2D eigenvalue weighted by Gasteiger charge is -2.56. The highest BCUT2D eigenvalue weighted by Gasteiger charge is 2.62. The fraction of sp³-hybridized carbons (Fsp3) is 0.591. The second kappa shape index (κ2) is 5.20. The van der Waals surface area contributed by atoms with Gasteiger partial charge in [0.15, 0.2) is 5.78 Å². The van der Waals surface area contributed by atoms with Gasteiger partial charge in [-0.3, -0.25) is 4.79 Å². The van der Waals surface area contributed by atoms with E-state index in [-0.39, 0.29) is 11.2 Å². The van der Waals surface area contributed by atoms with Crippen molar-refractivity contribution < 1.29 is 9.90 Å². The van der Waals surface area contributed by atoms with Crippen molar-refractivity contribution in [2.75, 3.05) is 0 Å². The Labute approximate surface area is 144 Å².